The number of methoxy groups -OCH3 is 1. The summed E-state index contributed by atoms with van der Waals surface area (Å²) in [7, 11) is -1.89. The number of ether oxygens (including phenoxy) is 2. The predicted octanol–water partition coefficient (Wildman–Crippen LogP) is 3.78. The number of amides is 1. The van der Waals surface area contributed by atoms with Crippen molar-refractivity contribution in [3.05, 3.63) is 89.5 Å². The Bertz CT molecular complexity index is 1190. The van der Waals surface area contributed by atoms with Crippen molar-refractivity contribution in [2.45, 2.75) is 13.5 Å². The first-order valence-corrected chi connectivity index (χ1v) is 12.3. The highest BCUT2D eigenvalue weighted by Crippen LogP contribution is 2.24. The third kappa shape index (κ3) is 6.73. The van der Waals surface area contributed by atoms with Gasteiger partial charge in [0, 0.05) is 11.6 Å². The lowest BCUT2D eigenvalue weighted by Gasteiger charge is -2.24. The van der Waals surface area contributed by atoms with Crippen molar-refractivity contribution in [1.82, 2.24) is 5.32 Å². The summed E-state index contributed by atoms with van der Waals surface area (Å²) in [5.74, 6) is 1.14. The molecule has 3 rings (SSSR count). The molecule has 0 aliphatic heterocycles. The van der Waals surface area contributed by atoms with Crippen LogP contribution >= 0.6 is 0 Å². The first-order chi connectivity index (χ1) is 15.8. The predicted molar refractivity (Wildman–Crippen MR) is 129 cm³/mol. The molecule has 174 valence electrons. The number of nitrogens with one attached hydrogen (secondary N) is 1. The number of para-hydroxylation sites is 1. The van der Waals surface area contributed by atoms with E-state index < -0.39 is 10.0 Å². The Morgan fingerprint density at radius 3 is 2.33 bits per heavy atom. The first kappa shape index (κ1) is 24.1. The van der Waals surface area contributed by atoms with Crippen molar-refractivity contribution in [2.75, 3.05) is 30.8 Å². The Morgan fingerprint density at radius 2 is 1.67 bits per heavy atom. The van der Waals surface area contributed by atoms with E-state index in [1.807, 2.05) is 43.3 Å². The van der Waals surface area contributed by atoms with E-state index >= 15 is 0 Å². The normalized spacial score (nSPS) is 11.0. The number of hydrogen-bond acceptors (Lipinski definition) is 5. The molecule has 3 aromatic carbocycles. The maximum absolute atomic E-state index is 12.4. The van der Waals surface area contributed by atoms with E-state index in [9.17, 15) is 13.2 Å². The van der Waals surface area contributed by atoms with E-state index in [0.29, 0.717) is 35.9 Å². The minimum absolute atomic E-state index is 0.181. The molecule has 0 unspecified atom stereocenters. The smallest absolute Gasteiger partial charge is 0.251 e. The van der Waals surface area contributed by atoms with Crippen LogP contribution < -0.4 is 19.1 Å². The van der Waals surface area contributed by atoms with Gasteiger partial charge in [-0.3, -0.25) is 9.10 Å². The zero-order chi connectivity index (χ0) is 23.8. The molecule has 0 saturated carbocycles. The van der Waals surface area contributed by atoms with Gasteiger partial charge in [-0.25, -0.2) is 8.42 Å². The highest BCUT2D eigenvalue weighted by atomic mass is 32.2. The summed E-state index contributed by atoms with van der Waals surface area (Å²) in [4.78, 5) is 12.4. The van der Waals surface area contributed by atoms with Gasteiger partial charge in [-0.05, 0) is 48.4 Å². The van der Waals surface area contributed by atoms with Gasteiger partial charge in [0.15, 0.2) is 0 Å². The number of nitrogens with zero attached hydrogens (tertiary/aromatic N) is 1. The van der Waals surface area contributed by atoms with Crippen molar-refractivity contribution in [1.29, 1.82) is 0 Å². The van der Waals surface area contributed by atoms with E-state index in [4.69, 9.17) is 9.47 Å². The molecule has 3 aromatic rings. The van der Waals surface area contributed by atoms with Crippen LogP contribution in [0, 0.1) is 6.92 Å². The molecule has 8 heteroatoms. The molecule has 0 radical (unpaired) electrons. The van der Waals surface area contributed by atoms with E-state index in [1.54, 1.807) is 43.5 Å². The van der Waals surface area contributed by atoms with Crippen molar-refractivity contribution in [3.8, 4) is 11.5 Å². The van der Waals surface area contributed by atoms with Gasteiger partial charge in [0.2, 0.25) is 10.0 Å². The molecule has 0 spiro atoms. The van der Waals surface area contributed by atoms with Gasteiger partial charge in [-0.2, -0.15) is 0 Å². The number of carbonyl (C=O) groups is 1. The number of anilines is 1. The van der Waals surface area contributed by atoms with Crippen LogP contribution in [-0.2, 0) is 16.6 Å². The van der Waals surface area contributed by atoms with Crippen molar-refractivity contribution in [3.63, 3.8) is 0 Å². The van der Waals surface area contributed by atoms with Crippen LogP contribution in [0.4, 0.5) is 5.69 Å². The van der Waals surface area contributed by atoms with Gasteiger partial charge in [-0.15, -0.1) is 0 Å². The molecule has 1 N–H and O–H groups in total. The van der Waals surface area contributed by atoms with Gasteiger partial charge in [-0.1, -0.05) is 36.4 Å². The Labute approximate surface area is 195 Å². The molecule has 0 bridgehead atoms. The molecule has 33 heavy (non-hydrogen) atoms. The molecular weight excluding hydrogens is 440 g/mol. The maximum atomic E-state index is 12.4. The minimum Gasteiger partial charge on any atom is -0.497 e. The van der Waals surface area contributed by atoms with Crippen molar-refractivity contribution < 1.29 is 22.7 Å². The summed E-state index contributed by atoms with van der Waals surface area (Å²) in [6.45, 7) is 2.71. The number of aryl methyl sites for hydroxylation is 1. The molecule has 7 nitrogen and oxygen atoms in total. The summed E-state index contributed by atoms with van der Waals surface area (Å²) >= 11 is 0. The summed E-state index contributed by atoms with van der Waals surface area (Å²) in [6.07, 6.45) is 1.19. The average Bonchev–Trinajstić information content (AvgIpc) is 2.80. The number of carbonyl (C=O) groups excluding carboxylic acids is 1. The lowest BCUT2D eigenvalue weighted by Crippen LogP contribution is -2.30. The van der Waals surface area contributed by atoms with Gasteiger partial charge < -0.3 is 14.8 Å². The SMILES string of the molecule is COc1cccc(OCCNC(=O)c2ccc(CN(c3ccccc3C)S(C)(=O)=O)cc2)c1. The Hall–Kier alpha value is -3.52. The summed E-state index contributed by atoms with van der Waals surface area (Å²) in [5, 5.41) is 2.81. The summed E-state index contributed by atoms with van der Waals surface area (Å²) in [6, 6.07) is 21.5. The molecule has 0 aliphatic rings. The zero-order valence-corrected chi connectivity index (χ0v) is 19.8. The van der Waals surface area contributed by atoms with Crippen molar-refractivity contribution in [2.24, 2.45) is 0 Å². The Morgan fingerprint density at radius 1 is 0.970 bits per heavy atom. The van der Waals surface area contributed by atoms with E-state index in [1.165, 1.54) is 10.6 Å². The topological polar surface area (TPSA) is 84.9 Å². The van der Waals surface area contributed by atoms with Gasteiger partial charge in [0.05, 0.1) is 32.1 Å². The minimum atomic E-state index is -3.48. The fourth-order valence-electron chi connectivity index (χ4n) is 3.28. The lowest BCUT2D eigenvalue weighted by molar-refractivity contribution is 0.0947. The second-order valence-electron chi connectivity index (χ2n) is 7.54. The molecule has 0 aliphatic carbocycles. The number of rotatable bonds is 10. The Balaban J connectivity index is 1.57. The van der Waals surface area contributed by atoms with Crippen LogP contribution in [-0.4, -0.2) is 40.8 Å². The third-order valence-corrected chi connectivity index (χ3v) is 6.15. The van der Waals surface area contributed by atoms with Crippen LogP contribution in [0.1, 0.15) is 21.5 Å². The number of hydrogen-bond donors (Lipinski definition) is 1. The van der Waals surface area contributed by atoms with Crippen molar-refractivity contribution >= 4 is 21.6 Å². The maximum Gasteiger partial charge on any atom is 0.251 e. The van der Waals surface area contributed by atoms with Crippen LogP contribution in [0.2, 0.25) is 0 Å². The molecule has 0 heterocycles. The molecular formula is C25H28N2O5S. The van der Waals surface area contributed by atoms with Crippen LogP contribution in [0.5, 0.6) is 11.5 Å². The molecule has 0 aromatic heterocycles. The van der Waals surface area contributed by atoms with Gasteiger partial charge in [0.1, 0.15) is 18.1 Å². The largest absolute Gasteiger partial charge is 0.497 e. The standard InChI is InChI=1S/C25H28N2O5S/c1-19-7-4-5-10-24(19)27(33(3,29)30)18-20-11-13-21(14-12-20)25(28)26-15-16-32-23-9-6-8-22(17-23)31-2/h4-14,17H,15-16,18H2,1-3H3,(H,26,28). The van der Waals surface area contributed by atoms with Crippen LogP contribution in [0.3, 0.4) is 0 Å². The van der Waals surface area contributed by atoms with Gasteiger partial charge in [0.25, 0.3) is 5.91 Å². The second-order valence-corrected chi connectivity index (χ2v) is 9.44. The fourth-order valence-corrected chi connectivity index (χ4v) is 4.22. The first-order valence-electron chi connectivity index (χ1n) is 10.5. The third-order valence-electron chi connectivity index (χ3n) is 5.02. The van der Waals surface area contributed by atoms with Crippen LogP contribution in [0.25, 0.3) is 0 Å². The Kier molecular flexibility index (Phi) is 7.95. The average molecular weight is 469 g/mol. The van der Waals surface area contributed by atoms with E-state index in [2.05, 4.69) is 5.32 Å². The van der Waals surface area contributed by atoms with Crippen LogP contribution in [0.15, 0.2) is 72.8 Å². The van der Waals surface area contributed by atoms with E-state index in [-0.39, 0.29) is 12.5 Å². The monoisotopic (exact) mass is 468 g/mol. The summed E-state index contributed by atoms with van der Waals surface area (Å²) < 4.78 is 36.9. The van der Waals surface area contributed by atoms with Gasteiger partial charge >= 0.3 is 0 Å². The number of benzene rings is 3. The molecule has 0 saturated heterocycles. The molecule has 0 fully saturated rings. The molecule has 0 atom stereocenters. The molecule has 1 amide bonds. The zero-order valence-electron chi connectivity index (χ0n) is 18.9. The fraction of sp³-hybridized carbons (Fsp3) is 0.240. The quantitative estimate of drug-likeness (QED) is 0.458. The second kappa shape index (κ2) is 10.9. The highest BCUT2D eigenvalue weighted by Gasteiger charge is 2.19. The highest BCUT2D eigenvalue weighted by molar-refractivity contribution is 7.92. The summed E-state index contributed by atoms with van der Waals surface area (Å²) in [5.41, 5.74) is 2.77. The number of sulfonamides is 1. The van der Waals surface area contributed by atoms with E-state index in [0.717, 1.165) is 11.1 Å². The lowest BCUT2D eigenvalue weighted by atomic mass is 10.1.